The molecule has 3 aromatic rings. The van der Waals surface area contributed by atoms with Crippen molar-refractivity contribution in [2.45, 2.75) is 19.5 Å². The molecule has 5 nitrogen and oxygen atoms in total. The quantitative estimate of drug-likeness (QED) is 0.803. The summed E-state index contributed by atoms with van der Waals surface area (Å²) < 4.78 is 8.17. The van der Waals surface area contributed by atoms with Gasteiger partial charge in [0.15, 0.2) is 5.65 Å². The number of nitrogens with one attached hydrogen (secondary N) is 1. The second-order valence-electron chi connectivity index (χ2n) is 4.31. The summed E-state index contributed by atoms with van der Waals surface area (Å²) in [5.74, 6) is 0.927. The minimum atomic E-state index is 0.158. The summed E-state index contributed by atoms with van der Waals surface area (Å²) in [6, 6.07) is 4.02. The number of fused-ring (bicyclic) bond motifs is 1. The van der Waals surface area contributed by atoms with E-state index in [2.05, 4.69) is 38.1 Å². The average Bonchev–Trinajstić information content (AvgIpc) is 3.05. The normalized spacial score (nSPS) is 12.9. The molecule has 0 radical (unpaired) electrons. The summed E-state index contributed by atoms with van der Waals surface area (Å²) in [6.45, 7) is 2.78. The number of hydrogen-bond acceptors (Lipinski definition) is 4. The van der Waals surface area contributed by atoms with Crippen LogP contribution in [0.2, 0.25) is 0 Å². The molecule has 98 valence electrons. The van der Waals surface area contributed by atoms with Crippen LogP contribution < -0.4 is 5.32 Å². The molecule has 0 aliphatic carbocycles. The van der Waals surface area contributed by atoms with E-state index in [9.17, 15) is 0 Å². The van der Waals surface area contributed by atoms with E-state index < -0.39 is 0 Å². The molecule has 0 saturated carbocycles. The van der Waals surface area contributed by atoms with Crippen LogP contribution in [0.4, 0.5) is 0 Å². The molecule has 1 atom stereocenters. The number of halogens is 1. The minimum absolute atomic E-state index is 0.158. The second kappa shape index (κ2) is 5.14. The summed E-state index contributed by atoms with van der Waals surface area (Å²) in [5.41, 5.74) is 1.92. The molecule has 0 aliphatic heterocycles. The van der Waals surface area contributed by atoms with Crippen molar-refractivity contribution in [2.24, 2.45) is 0 Å². The minimum Gasteiger partial charge on any atom is -0.468 e. The van der Waals surface area contributed by atoms with Crippen LogP contribution in [0.5, 0.6) is 0 Å². The molecule has 0 bridgehead atoms. The summed E-state index contributed by atoms with van der Waals surface area (Å²) in [4.78, 5) is 8.47. The first kappa shape index (κ1) is 12.4. The zero-order valence-electron chi connectivity index (χ0n) is 10.4. The van der Waals surface area contributed by atoms with Gasteiger partial charge in [-0.3, -0.25) is 4.40 Å². The average molecular weight is 321 g/mol. The fourth-order valence-electron chi connectivity index (χ4n) is 1.94. The molecule has 0 amide bonds. The molecule has 0 saturated heterocycles. The Morgan fingerprint density at radius 3 is 3.11 bits per heavy atom. The van der Waals surface area contributed by atoms with Crippen molar-refractivity contribution in [3.63, 3.8) is 0 Å². The molecular weight excluding hydrogens is 308 g/mol. The predicted molar refractivity (Wildman–Crippen MR) is 74.6 cm³/mol. The van der Waals surface area contributed by atoms with Crippen molar-refractivity contribution in [1.29, 1.82) is 0 Å². The first-order chi connectivity index (χ1) is 9.24. The Balaban J connectivity index is 1.77. The molecule has 6 heteroatoms. The third kappa shape index (κ3) is 2.54. The van der Waals surface area contributed by atoms with Gasteiger partial charge in [-0.15, -0.1) is 0 Å². The molecule has 3 aromatic heterocycles. The third-order valence-corrected chi connectivity index (χ3v) is 3.41. The van der Waals surface area contributed by atoms with Crippen LogP contribution in [0, 0.1) is 0 Å². The summed E-state index contributed by atoms with van der Waals surface area (Å²) in [5, 5.41) is 3.41. The molecule has 0 aliphatic rings. The Kier molecular flexibility index (Phi) is 3.35. The van der Waals surface area contributed by atoms with Gasteiger partial charge in [0.1, 0.15) is 10.4 Å². The van der Waals surface area contributed by atoms with E-state index in [1.165, 1.54) is 0 Å². The van der Waals surface area contributed by atoms with Crippen molar-refractivity contribution in [2.75, 3.05) is 0 Å². The number of rotatable bonds is 4. The Hall–Kier alpha value is -1.66. The highest BCUT2D eigenvalue weighted by atomic mass is 79.9. The molecule has 1 N–H and O–H groups in total. The lowest BCUT2D eigenvalue weighted by Crippen LogP contribution is -2.18. The van der Waals surface area contributed by atoms with Crippen LogP contribution in [0.15, 0.2) is 46.0 Å². The number of furan rings is 1. The lowest BCUT2D eigenvalue weighted by Gasteiger charge is -2.10. The van der Waals surface area contributed by atoms with Gasteiger partial charge in [0.05, 0.1) is 30.4 Å². The Labute approximate surface area is 118 Å². The number of hydrogen-bond donors (Lipinski definition) is 1. The standard InChI is InChI=1S/C13H13BrN4O/c1-9(11-3-2-4-19-11)15-5-10-6-17-13-7-16-12(14)8-18(10)13/h2-4,6-9,15H,5H2,1H3/t9-/m0/s1. The summed E-state index contributed by atoms with van der Waals surface area (Å²) in [6.07, 6.45) is 7.19. The van der Waals surface area contributed by atoms with Gasteiger partial charge in [-0.2, -0.15) is 0 Å². The molecular formula is C13H13BrN4O. The fraction of sp³-hybridized carbons (Fsp3) is 0.231. The third-order valence-electron chi connectivity index (χ3n) is 3.00. The Morgan fingerprint density at radius 2 is 2.32 bits per heavy atom. The maximum atomic E-state index is 5.37. The smallest absolute Gasteiger partial charge is 0.155 e. The maximum Gasteiger partial charge on any atom is 0.155 e. The largest absolute Gasteiger partial charge is 0.468 e. The van der Waals surface area contributed by atoms with Crippen molar-refractivity contribution in [3.05, 3.63) is 53.0 Å². The Morgan fingerprint density at radius 1 is 1.42 bits per heavy atom. The zero-order chi connectivity index (χ0) is 13.2. The van der Waals surface area contributed by atoms with Crippen LogP contribution in [0.25, 0.3) is 5.65 Å². The lowest BCUT2D eigenvalue weighted by molar-refractivity contribution is 0.428. The summed E-state index contributed by atoms with van der Waals surface area (Å²) in [7, 11) is 0. The lowest BCUT2D eigenvalue weighted by atomic mass is 10.2. The molecule has 3 heterocycles. The van der Waals surface area contributed by atoms with Gasteiger partial charge < -0.3 is 9.73 Å². The van der Waals surface area contributed by atoms with Gasteiger partial charge in [-0.1, -0.05) is 0 Å². The highest BCUT2D eigenvalue weighted by Crippen LogP contribution is 2.14. The zero-order valence-corrected chi connectivity index (χ0v) is 12.0. The van der Waals surface area contributed by atoms with E-state index in [1.807, 2.05) is 28.9 Å². The van der Waals surface area contributed by atoms with Gasteiger partial charge in [-0.05, 0) is 35.0 Å². The first-order valence-electron chi connectivity index (χ1n) is 5.98. The van der Waals surface area contributed by atoms with Gasteiger partial charge >= 0.3 is 0 Å². The van der Waals surface area contributed by atoms with E-state index in [-0.39, 0.29) is 6.04 Å². The van der Waals surface area contributed by atoms with Gasteiger partial charge in [0, 0.05) is 12.7 Å². The van der Waals surface area contributed by atoms with Crippen molar-refractivity contribution in [3.8, 4) is 0 Å². The second-order valence-corrected chi connectivity index (χ2v) is 5.12. The van der Waals surface area contributed by atoms with Crippen LogP contribution in [-0.4, -0.2) is 14.4 Å². The number of nitrogens with zero attached hydrogens (tertiary/aromatic N) is 3. The molecule has 3 rings (SSSR count). The monoisotopic (exact) mass is 320 g/mol. The highest BCUT2D eigenvalue weighted by Gasteiger charge is 2.09. The maximum absolute atomic E-state index is 5.37. The fourth-order valence-corrected chi connectivity index (χ4v) is 2.25. The highest BCUT2D eigenvalue weighted by molar-refractivity contribution is 9.10. The van der Waals surface area contributed by atoms with Crippen LogP contribution in [0.1, 0.15) is 24.4 Å². The predicted octanol–water partition coefficient (Wildman–Crippen LogP) is 2.94. The van der Waals surface area contributed by atoms with E-state index in [4.69, 9.17) is 4.42 Å². The van der Waals surface area contributed by atoms with E-state index in [1.54, 1.807) is 12.5 Å². The van der Waals surface area contributed by atoms with Crippen LogP contribution in [-0.2, 0) is 6.54 Å². The molecule has 0 aromatic carbocycles. The first-order valence-corrected chi connectivity index (χ1v) is 6.77. The molecule has 19 heavy (non-hydrogen) atoms. The van der Waals surface area contributed by atoms with Gasteiger partial charge in [-0.25, -0.2) is 9.97 Å². The summed E-state index contributed by atoms with van der Waals surface area (Å²) >= 11 is 3.37. The van der Waals surface area contributed by atoms with Crippen LogP contribution in [0.3, 0.4) is 0 Å². The molecule has 0 fully saturated rings. The van der Waals surface area contributed by atoms with Crippen molar-refractivity contribution < 1.29 is 4.42 Å². The van der Waals surface area contributed by atoms with Gasteiger partial charge in [0.25, 0.3) is 0 Å². The molecule has 0 unspecified atom stereocenters. The topological polar surface area (TPSA) is 55.4 Å². The number of imidazole rings is 1. The van der Waals surface area contributed by atoms with Crippen molar-refractivity contribution in [1.82, 2.24) is 19.7 Å². The van der Waals surface area contributed by atoms with E-state index >= 15 is 0 Å². The van der Waals surface area contributed by atoms with E-state index in [0.717, 1.165) is 21.7 Å². The Bertz CT molecular complexity index is 677. The number of aromatic nitrogens is 3. The van der Waals surface area contributed by atoms with Crippen molar-refractivity contribution >= 4 is 21.6 Å². The van der Waals surface area contributed by atoms with Gasteiger partial charge in [0.2, 0.25) is 0 Å². The van der Waals surface area contributed by atoms with E-state index in [0.29, 0.717) is 6.54 Å². The van der Waals surface area contributed by atoms with Crippen LogP contribution >= 0.6 is 15.9 Å². The SMILES string of the molecule is C[C@H](NCc1cnc2cnc(Br)cn12)c1ccco1. The molecule has 0 spiro atoms.